The highest BCUT2D eigenvalue weighted by Gasteiger charge is 2.18. The highest BCUT2D eigenvalue weighted by Crippen LogP contribution is 2.22. The van der Waals surface area contributed by atoms with E-state index in [2.05, 4.69) is 22.9 Å². The Bertz CT molecular complexity index is 996. The summed E-state index contributed by atoms with van der Waals surface area (Å²) in [4.78, 5) is 31.0. The predicted octanol–water partition coefficient (Wildman–Crippen LogP) is 3.48. The molecule has 0 aliphatic rings. The van der Waals surface area contributed by atoms with E-state index in [9.17, 15) is 9.59 Å². The van der Waals surface area contributed by atoms with E-state index < -0.39 is 0 Å². The van der Waals surface area contributed by atoms with Crippen molar-refractivity contribution in [3.8, 4) is 0 Å². The zero-order valence-corrected chi connectivity index (χ0v) is 16.7. The minimum absolute atomic E-state index is 0.0656. The normalized spacial score (nSPS) is 12.0. The topological polar surface area (TPSA) is 64.0 Å². The second-order valence-electron chi connectivity index (χ2n) is 6.00. The maximum atomic E-state index is 12.8. The molecule has 1 aromatic carbocycles. The van der Waals surface area contributed by atoms with Crippen LogP contribution in [0.15, 0.2) is 64.4 Å². The Balaban J connectivity index is 1.74. The van der Waals surface area contributed by atoms with Crippen LogP contribution in [0.4, 0.5) is 0 Å². The third-order valence-corrected chi connectivity index (χ3v) is 6.07. The van der Waals surface area contributed by atoms with Gasteiger partial charge in [-0.1, -0.05) is 36.0 Å². The summed E-state index contributed by atoms with van der Waals surface area (Å²) < 4.78 is 1.56. The largest absolute Gasteiger partial charge is 0.355 e. The van der Waals surface area contributed by atoms with Crippen LogP contribution in [0.5, 0.6) is 0 Å². The first-order valence-corrected chi connectivity index (χ1v) is 10.4. The molecule has 0 saturated carbocycles. The standard InChI is InChI=1S/C20H21N3O2S2/c1-3-12-23-19(25)16-8-4-5-9-17(16)22-20(23)27-14(2)18(24)21-11-10-15-7-6-13-26-15/h3-9,13-14H,1,10-12H2,2H3,(H,21,24). The molecule has 1 unspecified atom stereocenters. The van der Waals surface area contributed by atoms with Gasteiger partial charge in [0.15, 0.2) is 5.16 Å². The fourth-order valence-corrected chi connectivity index (χ4v) is 4.30. The van der Waals surface area contributed by atoms with Gasteiger partial charge in [0.05, 0.1) is 16.2 Å². The lowest BCUT2D eigenvalue weighted by Crippen LogP contribution is -2.33. The number of benzene rings is 1. The molecule has 2 heterocycles. The van der Waals surface area contributed by atoms with E-state index in [1.807, 2.05) is 36.6 Å². The number of allylic oxidation sites excluding steroid dienone is 1. The smallest absolute Gasteiger partial charge is 0.262 e. The molecule has 140 valence electrons. The molecule has 0 bridgehead atoms. The Kier molecular flexibility index (Phi) is 6.47. The van der Waals surface area contributed by atoms with Crippen LogP contribution in [0.2, 0.25) is 0 Å². The van der Waals surface area contributed by atoms with E-state index >= 15 is 0 Å². The van der Waals surface area contributed by atoms with Crippen molar-refractivity contribution in [2.45, 2.75) is 30.3 Å². The summed E-state index contributed by atoms with van der Waals surface area (Å²) in [6.07, 6.45) is 2.48. The van der Waals surface area contributed by atoms with E-state index in [0.29, 0.717) is 29.1 Å². The fraction of sp³-hybridized carbons (Fsp3) is 0.250. The van der Waals surface area contributed by atoms with Crippen LogP contribution in [0, 0.1) is 0 Å². The molecule has 0 saturated heterocycles. The SMILES string of the molecule is C=CCn1c(SC(C)C(=O)NCCc2cccs2)nc2ccccc2c1=O. The monoisotopic (exact) mass is 399 g/mol. The van der Waals surface area contributed by atoms with Crippen molar-refractivity contribution in [3.05, 3.63) is 69.7 Å². The van der Waals surface area contributed by atoms with Crippen LogP contribution < -0.4 is 10.9 Å². The molecule has 0 fully saturated rings. The van der Waals surface area contributed by atoms with Gasteiger partial charge in [-0.05, 0) is 36.9 Å². The average molecular weight is 400 g/mol. The van der Waals surface area contributed by atoms with Crippen molar-refractivity contribution in [2.24, 2.45) is 0 Å². The zero-order chi connectivity index (χ0) is 19.2. The number of nitrogens with one attached hydrogen (secondary N) is 1. The lowest BCUT2D eigenvalue weighted by molar-refractivity contribution is -0.120. The maximum absolute atomic E-state index is 12.8. The number of thioether (sulfide) groups is 1. The summed E-state index contributed by atoms with van der Waals surface area (Å²) in [7, 11) is 0. The van der Waals surface area contributed by atoms with Gasteiger partial charge in [0.1, 0.15) is 0 Å². The molecule has 3 rings (SSSR count). The molecule has 0 radical (unpaired) electrons. The lowest BCUT2D eigenvalue weighted by Gasteiger charge is -2.15. The van der Waals surface area contributed by atoms with Crippen LogP contribution >= 0.6 is 23.1 Å². The van der Waals surface area contributed by atoms with E-state index in [0.717, 1.165) is 6.42 Å². The Labute approximate surface area is 166 Å². The second kappa shape index (κ2) is 9.01. The molecule has 1 amide bonds. The highest BCUT2D eigenvalue weighted by molar-refractivity contribution is 8.00. The van der Waals surface area contributed by atoms with Crippen LogP contribution in [-0.4, -0.2) is 27.3 Å². The van der Waals surface area contributed by atoms with Crippen LogP contribution in [0.25, 0.3) is 10.9 Å². The molecule has 5 nitrogen and oxygen atoms in total. The number of thiophene rings is 1. The molecule has 0 aliphatic carbocycles. The Morgan fingerprint density at radius 2 is 2.19 bits per heavy atom. The first kappa shape index (κ1) is 19.4. The Morgan fingerprint density at radius 1 is 1.37 bits per heavy atom. The zero-order valence-electron chi connectivity index (χ0n) is 15.1. The first-order valence-electron chi connectivity index (χ1n) is 8.67. The summed E-state index contributed by atoms with van der Waals surface area (Å²) in [5, 5.41) is 5.71. The minimum Gasteiger partial charge on any atom is -0.355 e. The van der Waals surface area contributed by atoms with Crippen LogP contribution in [0.1, 0.15) is 11.8 Å². The number of carbonyl (C=O) groups excluding carboxylic acids is 1. The third kappa shape index (κ3) is 4.67. The van der Waals surface area contributed by atoms with Crippen molar-refractivity contribution >= 4 is 39.9 Å². The molecular weight excluding hydrogens is 378 g/mol. The van der Waals surface area contributed by atoms with Crippen molar-refractivity contribution in [1.29, 1.82) is 0 Å². The van der Waals surface area contributed by atoms with Crippen molar-refractivity contribution in [3.63, 3.8) is 0 Å². The van der Waals surface area contributed by atoms with Crippen LogP contribution in [-0.2, 0) is 17.8 Å². The fourth-order valence-electron chi connectivity index (χ4n) is 2.65. The number of hydrogen-bond donors (Lipinski definition) is 1. The summed E-state index contributed by atoms with van der Waals surface area (Å²) >= 11 is 2.97. The number of carbonyl (C=O) groups is 1. The third-order valence-electron chi connectivity index (χ3n) is 4.04. The number of aromatic nitrogens is 2. The molecule has 1 N–H and O–H groups in total. The van der Waals surface area contributed by atoms with Gasteiger partial charge in [-0.15, -0.1) is 17.9 Å². The summed E-state index contributed by atoms with van der Waals surface area (Å²) in [6.45, 7) is 6.49. The van der Waals surface area contributed by atoms with Gasteiger partial charge in [-0.3, -0.25) is 14.2 Å². The maximum Gasteiger partial charge on any atom is 0.262 e. The quantitative estimate of drug-likeness (QED) is 0.358. The lowest BCUT2D eigenvalue weighted by atomic mass is 10.2. The molecule has 0 aliphatic heterocycles. The highest BCUT2D eigenvalue weighted by atomic mass is 32.2. The molecule has 1 atom stereocenters. The van der Waals surface area contributed by atoms with Crippen molar-refractivity contribution < 1.29 is 4.79 Å². The van der Waals surface area contributed by atoms with Crippen LogP contribution in [0.3, 0.4) is 0 Å². The first-order chi connectivity index (χ1) is 13.1. The molecule has 27 heavy (non-hydrogen) atoms. The number of fused-ring (bicyclic) bond motifs is 1. The van der Waals surface area contributed by atoms with Crippen molar-refractivity contribution in [1.82, 2.24) is 14.9 Å². The molecule has 2 aromatic heterocycles. The minimum atomic E-state index is -0.363. The molecule has 3 aromatic rings. The number of hydrogen-bond acceptors (Lipinski definition) is 5. The molecule has 0 spiro atoms. The van der Waals surface area contributed by atoms with E-state index in [1.165, 1.54) is 16.6 Å². The van der Waals surface area contributed by atoms with E-state index in [-0.39, 0.29) is 16.7 Å². The van der Waals surface area contributed by atoms with Gasteiger partial charge >= 0.3 is 0 Å². The van der Waals surface area contributed by atoms with E-state index in [1.54, 1.807) is 28.0 Å². The summed E-state index contributed by atoms with van der Waals surface area (Å²) in [5.74, 6) is -0.0656. The number of rotatable bonds is 8. The Morgan fingerprint density at radius 3 is 2.93 bits per heavy atom. The van der Waals surface area contributed by atoms with Crippen molar-refractivity contribution in [2.75, 3.05) is 6.54 Å². The summed E-state index contributed by atoms with van der Waals surface area (Å²) in [6, 6.07) is 11.3. The van der Waals surface area contributed by atoms with Gasteiger partial charge < -0.3 is 5.32 Å². The average Bonchev–Trinajstić information content (AvgIpc) is 3.18. The van der Waals surface area contributed by atoms with Gasteiger partial charge in [0.25, 0.3) is 5.56 Å². The van der Waals surface area contributed by atoms with Gasteiger partial charge in [-0.2, -0.15) is 0 Å². The van der Waals surface area contributed by atoms with Gasteiger partial charge in [0.2, 0.25) is 5.91 Å². The number of para-hydroxylation sites is 1. The molecule has 7 heteroatoms. The Hall–Kier alpha value is -2.38. The van der Waals surface area contributed by atoms with Gasteiger partial charge in [0, 0.05) is 18.0 Å². The number of nitrogens with zero attached hydrogens (tertiary/aromatic N) is 2. The second-order valence-corrected chi connectivity index (χ2v) is 8.34. The predicted molar refractivity (Wildman–Crippen MR) is 113 cm³/mol. The number of amides is 1. The molecular formula is C20H21N3O2S2. The van der Waals surface area contributed by atoms with Gasteiger partial charge in [-0.25, -0.2) is 4.98 Å². The van der Waals surface area contributed by atoms with E-state index in [4.69, 9.17) is 0 Å². The summed E-state index contributed by atoms with van der Waals surface area (Å²) in [5.41, 5.74) is 0.518.